The van der Waals surface area contributed by atoms with Gasteiger partial charge in [-0.3, -0.25) is 4.79 Å². The molecule has 94 valence electrons. The van der Waals surface area contributed by atoms with Gasteiger partial charge >= 0.3 is 0 Å². The lowest BCUT2D eigenvalue weighted by Crippen LogP contribution is -2.14. The van der Waals surface area contributed by atoms with Crippen molar-refractivity contribution in [1.29, 1.82) is 0 Å². The summed E-state index contributed by atoms with van der Waals surface area (Å²) in [5.74, 6) is 0.0107. The smallest absolute Gasteiger partial charge is 0.262 e. The van der Waals surface area contributed by atoms with E-state index in [0.29, 0.717) is 5.02 Å². The number of halogens is 2. The van der Waals surface area contributed by atoms with E-state index in [4.69, 9.17) is 27.9 Å². The topological polar surface area (TPSA) is 79.9 Å². The number of H-pyrrole nitrogens is 1. The molecule has 6 nitrogen and oxygen atoms in total. The number of nitrogens with one attached hydrogen (secondary N) is 2. The van der Waals surface area contributed by atoms with Crippen LogP contribution in [0.2, 0.25) is 10.0 Å². The maximum Gasteiger partial charge on any atom is 0.262 e. The highest BCUT2D eigenvalue weighted by molar-refractivity contribution is 6.37. The molecule has 1 aromatic carbocycles. The van der Waals surface area contributed by atoms with Crippen molar-refractivity contribution in [3.8, 4) is 5.75 Å². The van der Waals surface area contributed by atoms with Gasteiger partial charge in [-0.15, -0.1) is 5.10 Å². The van der Waals surface area contributed by atoms with Gasteiger partial charge in [-0.05, 0) is 12.1 Å². The first-order valence-corrected chi connectivity index (χ1v) is 5.58. The molecule has 2 aromatic rings. The summed E-state index contributed by atoms with van der Waals surface area (Å²) in [5.41, 5.74) is 0.148. The zero-order chi connectivity index (χ0) is 13.1. The van der Waals surface area contributed by atoms with Crippen LogP contribution < -0.4 is 10.1 Å². The first-order chi connectivity index (χ1) is 8.63. The predicted octanol–water partition coefficient (Wildman–Crippen LogP) is 2.37. The third-order valence-electron chi connectivity index (χ3n) is 2.15. The first kappa shape index (κ1) is 12.7. The van der Waals surface area contributed by atoms with Crippen molar-refractivity contribution < 1.29 is 9.53 Å². The summed E-state index contributed by atoms with van der Waals surface area (Å²) in [6.45, 7) is 0. The molecule has 1 amide bonds. The van der Waals surface area contributed by atoms with Gasteiger partial charge in [0.2, 0.25) is 0 Å². The lowest BCUT2D eigenvalue weighted by Gasteiger charge is -2.11. The zero-order valence-corrected chi connectivity index (χ0v) is 10.7. The number of hydrogen-bond acceptors (Lipinski definition) is 4. The Morgan fingerprint density at radius 2 is 2.11 bits per heavy atom. The van der Waals surface area contributed by atoms with Crippen LogP contribution in [-0.2, 0) is 0 Å². The summed E-state index contributed by atoms with van der Waals surface area (Å²) < 4.78 is 5.08. The number of aromatic amines is 1. The summed E-state index contributed by atoms with van der Waals surface area (Å²) in [4.78, 5) is 12.0. The molecule has 1 aromatic heterocycles. The van der Waals surface area contributed by atoms with Crippen LogP contribution in [0, 0.1) is 0 Å². The number of aromatic nitrogens is 3. The van der Waals surface area contributed by atoms with E-state index in [-0.39, 0.29) is 22.2 Å². The quantitative estimate of drug-likeness (QED) is 0.908. The van der Waals surface area contributed by atoms with Gasteiger partial charge in [0.25, 0.3) is 5.91 Å². The molecule has 0 radical (unpaired) electrons. The maximum atomic E-state index is 12.0. The van der Waals surface area contributed by atoms with E-state index in [0.717, 1.165) is 0 Å². The van der Waals surface area contributed by atoms with Crippen LogP contribution in [0.4, 0.5) is 5.82 Å². The number of ether oxygens (including phenoxy) is 1. The molecule has 2 rings (SSSR count). The molecule has 0 saturated carbocycles. The number of hydrogen-bond donors (Lipinski definition) is 2. The lowest BCUT2D eigenvalue weighted by molar-refractivity contribution is 0.102. The van der Waals surface area contributed by atoms with Crippen molar-refractivity contribution in [1.82, 2.24) is 15.4 Å². The van der Waals surface area contributed by atoms with Gasteiger partial charge in [-0.1, -0.05) is 23.2 Å². The van der Waals surface area contributed by atoms with Gasteiger partial charge < -0.3 is 10.1 Å². The van der Waals surface area contributed by atoms with Crippen LogP contribution in [-0.4, -0.2) is 28.4 Å². The zero-order valence-electron chi connectivity index (χ0n) is 9.20. The van der Waals surface area contributed by atoms with E-state index >= 15 is 0 Å². The van der Waals surface area contributed by atoms with E-state index in [9.17, 15) is 4.79 Å². The van der Waals surface area contributed by atoms with Crippen molar-refractivity contribution in [2.45, 2.75) is 0 Å². The molecule has 0 aliphatic heterocycles. The maximum absolute atomic E-state index is 12.0. The van der Waals surface area contributed by atoms with Gasteiger partial charge in [-0.2, -0.15) is 10.3 Å². The summed E-state index contributed by atoms with van der Waals surface area (Å²) >= 11 is 11.9. The lowest BCUT2D eigenvalue weighted by atomic mass is 10.2. The number of carbonyl (C=O) groups excluding carboxylic acids is 1. The Hall–Kier alpha value is -1.79. The number of methoxy groups -OCH3 is 1. The van der Waals surface area contributed by atoms with Crippen molar-refractivity contribution in [3.63, 3.8) is 0 Å². The number of benzene rings is 1. The van der Waals surface area contributed by atoms with Crippen LogP contribution in [0.5, 0.6) is 5.75 Å². The second-order valence-corrected chi connectivity index (χ2v) is 4.06. The van der Waals surface area contributed by atoms with Gasteiger partial charge in [0.1, 0.15) is 5.56 Å². The number of amides is 1. The van der Waals surface area contributed by atoms with E-state index in [2.05, 4.69) is 20.7 Å². The minimum Gasteiger partial charge on any atom is -0.494 e. The third kappa shape index (κ3) is 2.39. The Morgan fingerprint density at radius 1 is 1.39 bits per heavy atom. The summed E-state index contributed by atoms with van der Waals surface area (Å²) in [7, 11) is 1.41. The molecule has 2 N–H and O–H groups in total. The fourth-order valence-corrected chi connectivity index (χ4v) is 1.85. The number of anilines is 1. The molecule has 0 spiro atoms. The number of nitrogens with zero attached hydrogens (tertiary/aromatic N) is 2. The molecule has 0 aliphatic rings. The fraction of sp³-hybridized carbons (Fsp3) is 0.100. The summed E-state index contributed by atoms with van der Waals surface area (Å²) in [5, 5.41) is 12.7. The van der Waals surface area contributed by atoms with Gasteiger partial charge in [0.15, 0.2) is 11.6 Å². The van der Waals surface area contributed by atoms with Crippen LogP contribution >= 0.6 is 23.2 Å². The fourth-order valence-electron chi connectivity index (χ4n) is 1.39. The SMILES string of the molecule is COc1c(Cl)ccc(Cl)c1C(=O)Nc1cn[nH]n1. The molecule has 1 heterocycles. The molecule has 0 atom stereocenters. The van der Waals surface area contributed by atoms with Gasteiger partial charge in [0.05, 0.1) is 23.4 Å². The van der Waals surface area contributed by atoms with Crippen LogP contribution in [0.25, 0.3) is 0 Å². The molecule has 8 heteroatoms. The first-order valence-electron chi connectivity index (χ1n) is 4.82. The predicted molar refractivity (Wildman–Crippen MR) is 67.3 cm³/mol. The molecular formula is C10H8Cl2N4O2. The molecular weight excluding hydrogens is 279 g/mol. The highest BCUT2D eigenvalue weighted by Crippen LogP contribution is 2.34. The second-order valence-electron chi connectivity index (χ2n) is 3.25. The summed E-state index contributed by atoms with van der Waals surface area (Å²) in [6.07, 6.45) is 1.36. The van der Waals surface area contributed by atoms with Crippen LogP contribution in [0.1, 0.15) is 10.4 Å². The average Bonchev–Trinajstić information content (AvgIpc) is 2.84. The summed E-state index contributed by atoms with van der Waals surface area (Å²) in [6, 6.07) is 3.07. The Bertz CT molecular complexity index is 572. The Morgan fingerprint density at radius 3 is 2.72 bits per heavy atom. The highest BCUT2D eigenvalue weighted by atomic mass is 35.5. The average molecular weight is 287 g/mol. The van der Waals surface area contributed by atoms with E-state index in [1.54, 1.807) is 6.07 Å². The van der Waals surface area contributed by atoms with Crippen LogP contribution in [0.15, 0.2) is 18.3 Å². The van der Waals surface area contributed by atoms with Crippen LogP contribution in [0.3, 0.4) is 0 Å². The van der Waals surface area contributed by atoms with Crippen molar-refractivity contribution in [2.75, 3.05) is 12.4 Å². The second kappa shape index (κ2) is 5.24. The minimum atomic E-state index is -0.478. The van der Waals surface area contributed by atoms with Crippen molar-refractivity contribution in [2.24, 2.45) is 0 Å². The van der Waals surface area contributed by atoms with Gasteiger partial charge in [0, 0.05) is 0 Å². The number of carbonyl (C=O) groups is 1. The largest absolute Gasteiger partial charge is 0.494 e. The number of rotatable bonds is 3. The molecule has 18 heavy (non-hydrogen) atoms. The van der Waals surface area contributed by atoms with E-state index in [1.165, 1.54) is 19.4 Å². The van der Waals surface area contributed by atoms with E-state index < -0.39 is 5.91 Å². The molecule has 0 fully saturated rings. The molecule has 0 saturated heterocycles. The van der Waals surface area contributed by atoms with Gasteiger partial charge in [-0.25, -0.2) is 0 Å². The molecule has 0 bridgehead atoms. The highest BCUT2D eigenvalue weighted by Gasteiger charge is 2.20. The van der Waals surface area contributed by atoms with Crippen molar-refractivity contribution >= 4 is 34.9 Å². The van der Waals surface area contributed by atoms with Crippen molar-refractivity contribution in [3.05, 3.63) is 33.9 Å². The Labute approximate surface area is 112 Å². The molecule has 0 unspecified atom stereocenters. The normalized spacial score (nSPS) is 10.2. The Kier molecular flexibility index (Phi) is 3.69. The Balaban J connectivity index is 2.38. The van der Waals surface area contributed by atoms with E-state index in [1.807, 2.05) is 0 Å². The minimum absolute atomic E-state index is 0.148. The molecule has 0 aliphatic carbocycles. The standard InChI is InChI=1S/C10H8Cl2N4O2/c1-18-9-6(12)3-2-5(11)8(9)10(17)14-7-4-13-16-15-7/h2-4H,1H3,(H2,13,14,15,16,17). The third-order valence-corrected chi connectivity index (χ3v) is 2.76. The monoisotopic (exact) mass is 286 g/mol.